The summed E-state index contributed by atoms with van der Waals surface area (Å²) in [5, 5.41) is 22.0. The number of fused-ring (bicyclic) bond motifs is 1. The van der Waals surface area contributed by atoms with Crippen molar-refractivity contribution in [1.82, 2.24) is 15.3 Å². The van der Waals surface area contributed by atoms with Crippen LogP contribution in [0.5, 0.6) is 11.5 Å². The fourth-order valence-electron chi connectivity index (χ4n) is 3.99. The Morgan fingerprint density at radius 2 is 1.69 bits per heavy atom. The molecule has 4 aromatic rings. The maximum absolute atomic E-state index is 12.0. The average Bonchev–Trinajstić information content (AvgIpc) is 2.93. The summed E-state index contributed by atoms with van der Waals surface area (Å²) < 4.78 is 11.4. The van der Waals surface area contributed by atoms with Crippen molar-refractivity contribution in [3.63, 3.8) is 0 Å². The topological polar surface area (TPSA) is 133 Å². The molecular formula is C30H32N6O3. The Bertz CT molecular complexity index is 1460. The number of ether oxygens (including phenoxy) is 2. The second kappa shape index (κ2) is 12.6. The van der Waals surface area contributed by atoms with Gasteiger partial charge in [0.05, 0.1) is 18.0 Å². The van der Waals surface area contributed by atoms with Crippen molar-refractivity contribution in [2.24, 2.45) is 0 Å². The number of hydrogen-bond donors (Lipinski definition) is 4. The lowest BCUT2D eigenvalue weighted by Crippen LogP contribution is -2.34. The first kappa shape index (κ1) is 27.3. The molecule has 4 rings (SSSR count). The van der Waals surface area contributed by atoms with Gasteiger partial charge in [-0.05, 0) is 68.8 Å². The van der Waals surface area contributed by atoms with Crippen LogP contribution < -0.4 is 20.1 Å². The van der Waals surface area contributed by atoms with Crippen molar-refractivity contribution < 1.29 is 14.3 Å². The van der Waals surface area contributed by atoms with Crippen molar-refractivity contribution in [3.05, 3.63) is 72.3 Å². The summed E-state index contributed by atoms with van der Waals surface area (Å²) >= 11 is 0. The lowest BCUT2D eigenvalue weighted by Gasteiger charge is -2.14. The average molecular weight is 525 g/mol. The minimum Gasteiger partial charge on any atom is -0.494 e. The first-order valence-corrected chi connectivity index (χ1v) is 12.8. The predicted molar refractivity (Wildman–Crippen MR) is 155 cm³/mol. The molecule has 0 unspecified atom stereocenters. The van der Waals surface area contributed by atoms with Crippen molar-refractivity contribution in [2.75, 3.05) is 18.5 Å². The van der Waals surface area contributed by atoms with E-state index in [9.17, 15) is 4.79 Å². The number of amides is 1. The van der Waals surface area contributed by atoms with Crippen molar-refractivity contribution >= 4 is 40.7 Å². The van der Waals surface area contributed by atoms with E-state index in [4.69, 9.17) is 30.3 Å². The van der Waals surface area contributed by atoms with Gasteiger partial charge in [0.1, 0.15) is 17.3 Å². The highest BCUT2D eigenvalue weighted by Gasteiger charge is 2.13. The standard InChI is InChI=1S/C30H32N6O3/c1-4-38-25-12-13-27-26(15-25)30(34-23-10-8-20(9-11-23)22(16-31)17-32)36-29(35-27)21-6-5-7-24(14-21)39-18-28(37)33-19(2)3/h5-17,19,22,31-32H,4,18H2,1-3H3,(H,33,37)(H,34,35,36). The zero-order valence-electron chi connectivity index (χ0n) is 22.2. The molecule has 0 aliphatic carbocycles. The van der Waals surface area contributed by atoms with Crippen LogP contribution >= 0.6 is 0 Å². The van der Waals surface area contributed by atoms with Gasteiger partial charge in [-0.15, -0.1) is 0 Å². The van der Waals surface area contributed by atoms with Gasteiger partial charge >= 0.3 is 0 Å². The normalized spacial score (nSPS) is 11.6. The summed E-state index contributed by atoms with van der Waals surface area (Å²) in [6.45, 7) is 6.19. The highest BCUT2D eigenvalue weighted by molar-refractivity contribution is 5.93. The fraction of sp³-hybridized carbons (Fsp3) is 0.233. The molecule has 3 aromatic carbocycles. The zero-order valence-corrected chi connectivity index (χ0v) is 22.2. The Morgan fingerprint density at radius 3 is 2.38 bits per heavy atom. The summed E-state index contributed by atoms with van der Waals surface area (Å²) in [7, 11) is 0. The fourth-order valence-corrected chi connectivity index (χ4v) is 3.99. The molecule has 200 valence electrons. The molecule has 9 heteroatoms. The largest absolute Gasteiger partial charge is 0.494 e. The number of benzene rings is 3. The SMILES string of the molecule is CCOc1ccc2nc(-c3cccc(OCC(=O)NC(C)C)c3)nc(Nc3ccc(C(C=N)C=N)cc3)c2c1. The molecular weight excluding hydrogens is 492 g/mol. The van der Waals surface area contributed by atoms with Crippen LogP contribution in [0.25, 0.3) is 22.3 Å². The van der Waals surface area contributed by atoms with Gasteiger partial charge in [0.2, 0.25) is 0 Å². The maximum Gasteiger partial charge on any atom is 0.258 e. The molecule has 0 atom stereocenters. The third-order valence-corrected chi connectivity index (χ3v) is 5.81. The van der Waals surface area contributed by atoms with Crippen LogP contribution in [0.4, 0.5) is 11.5 Å². The van der Waals surface area contributed by atoms with Crippen LogP contribution in [0.3, 0.4) is 0 Å². The number of nitrogens with one attached hydrogen (secondary N) is 4. The van der Waals surface area contributed by atoms with Crippen LogP contribution in [0, 0.1) is 10.8 Å². The number of nitrogens with zero attached hydrogens (tertiary/aromatic N) is 2. The number of aromatic nitrogens is 2. The molecule has 0 aliphatic heterocycles. The van der Waals surface area contributed by atoms with E-state index < -0.39 is 0 Å². The molecule has 1 amide bonds. The first-order chi connectivity index (χ1) is 18.9. The Kier molecular flexibility index (Phi) is 8.83. The van der Waals surface area contributed by atoms with Crippen molar-refractivity contribution in [3.8, 4) is 22.9 Å². The van der Waals surface area contributed by atoms with E-state index in [2.05, 4.69) is 10.6 Å². The third kappa shape index (κ3) is 6.95. The Morgan fingerprint density at radius 1 is 0.949 bits per heavy atom. The van der Waals surface area contributed by atoms with E-state index in [-0.39, 0.29) is 24.5 Å². The first-order valence-electron chi connectivity index (χ1n) is 12.8. The highest BCUT2D eigenvalue weighted by Crippen LogP contribution is 2.31. The number of anilines is 2. The van der Waals surface area contributed by atoms with Gasteiger partial charge in [-0.25, -0.2) is 9.97 Å². The minimum absolute atomic E-state index is 0.0391. The molecule has 0 saturated heterocycles. The van der Waals surface area contributed by atoms with Crippen molar-refractivity contribution in [2.45, 2.75) is 32.7 Å². The van der Waals surface area contributed by atoms with Crippen LogP contribution in [-0.4, -0.2) is 47.6 Å². The summed E-state index contributed by atoms with van der Waals surface area (Å²) in [6, 6.07) is 20.6. The van der Waals surface area contributed by atoms with Gasteiger partial charge in [0, 0.05) is 35.1 Å². The van der Waals surface area contributed by atoms with E-state index in [0.29, 0.717) is 24.0 Å². The third-order valence-electron chi connectivity index (χ3n) is 5.81. The molecule has 1 aromatic heterocycles. The van der Waals surface area contributed by atoms with Gasteiger partial charge in [0.25, 0.3) is 5.91 Å². The van der Waals surface area contributed by atoms with Gasteiger partial charge < -0.3 is 30.9 Å². The molecule has 0 saturated carbocycles. The molecule has 0 fully saturated rings. The summed E-state index contributed by atoms with van der Waals surface area (Å²) in [5.74, 6) is 1.81. The molecule has 0 spiro atoms. The van der Waals surface area contributed by atoms with E-state index in [1.54, 1.807) is 6.07 Å². The Balaban J connectivity index is 1.68. The maximum atomic E-state index is 12.0. The monoisotopic (exact) mass is 524 g/mol. The molecule has 39 heavy (non-hydrogen) atoms. The second-order valence-corrected chi connectivity index (χ2v) is 9.15. The van der Waals surface area contributed by atoms with Gasteiger partial charge in [0.15, 0.2) is 12.4 Å². The van der Waals surface area contributed by atoms with Gasteiger partial charge in [-0.3, -0.25) is 4.79 Å². The molecule has 0 bridgehead atoms. The molecule has 0 aliphatic rings. The van der Waals surface area contributed by atoms with Crippen LogP contribution in [0.2, 0.25) is 0 Å². The number of rotatable bonds is 12. The summed E-state index contributed by atoms with van der Waals surface area (Å²) in [5.41, 5.74) is 3.13. The number of carbonyl (C=O) groups excluding carboxylic acids is 1. The van der Waals surface area contributed by atoms with E-state index in [1.807, 2.05) is 81.4 Å². The Labute approximate surface area is 227 Å². The van der Waals surface area contributed by atoms with E-state index in [0.717, 1.165) is 33.5 Å². The van der Waals surface area contributed by atoms with Crippen LogP contribution in [0.1, 0.15) is 32.3 Å². The Hall–Kier alpha value is -4.79. The number of hydrogen-bond acceptors (Lipinski definition) is 8. The molecule has 1 heterocycles. The second-order valence-electron chi connectivity index (χ2n) is 9.15. The van der Waals surface area contributed by atoms with Crippen LogP contribution in [0.15, 0.2) is 66.7 Å². The van der Waals surface area contributed by atoms with Gasteiger partial charge in [-0.2, -0.15) is 0 Å². The molecule has 0 radical (unpaired) electrons. The molecule has 4 N–H and O–H groups in total. The summed E-state index contributed by atoms with van der Waals surface area (Å²) in [6.07, 6.45) is 2.48. The van der Waals surface area contributed by atoms with E-state index >= 15 is 0 Å². The van der Waals surface area contributed by atoms with Crippen molar-refractivity contribution in [1.29, 1.82) is 10.8 Å². The highest BCUT2D eigenvalue weighted by atomic mass is 16.5. The summed E-state index contributed by atoms with van der Waals surface area (Å²) in [4.78, 5) is 21.7. The zero-order chi connectivity index (χ0) is 27.8. The lowest BCUT2D eigenvalue weighted by molar-refractivity contribution is -0.123. The van der Waals surface area contributed by atoms with Crippen LogP contribution in [-0.2, 0) is 4.79 Å². The predicted octanol–water partition coefficient (Wildman–Crippen LogP) is 5.73. The smallest absolute Gasteiger partial charge is 0.258 e. The minimum atomic E-state index is -0.356. The van der Waals surface area contributed by atoms with E-state index in [1.165, 1.54) is 12.4 Å². The lowest BCUT2D eigenvalue weighted by atomic mass is 10.0. The molecule has 9 nitrogen and oxygen atoms in total. The number of carbonyl (C=O) groups is 1. The quantitative estimate of drug-likeness (QED) is 0.175. The van der Waals surface area contributed by atoms with Gasteiger partial charge in [-0.1, -0.05) is 24.3 Å².